The minimum atomic E-state index is -0.271. The number of benzene rings is 1. The van der Waals surface area contributed by atoms with Gasteiger partial charge in [-0.25, -0.2) is 4.39 Å². The quantitative estimate of drug-likeness (QED) is 0.850. The van der Waals surface area contributed by atoms with E-state index in [9.17, 15) is 9.18 Å². The third-order valence-corrected chi connectivity index (χ3v) is 4.57. The standard InChI is InChI=1S/C14H17BrFNO/c15-10-14(7-1-2-8-14)17-13(18)9-11-3-5-12(16)6-4-11/h3-6H,1-2,7-10H2,(H,17,18). The summed E-state index contributed by atoms with van der Waals surface area (Å²) in [5, 5.41) is 3.93. The molecule has 1 amide bonds. The number of alkyl halides is 1. The van der Waals surface area contributed by atoms with E-state index in [4.69, 9.17) is 0 Å². The zero-order valence-corrected chi connectivity index (χ0v) is 11.8. The molecular formula is C14H17BrFNO. The molecule has 2 nitrogen and oxygen atoms in total. The van der Waals surface area contributed by atoms with Crippen molar-refractivity contribution < 1.29 is 9.18 Å². The van der Waals surface area contributed by atoms with Gasteiger partial charge in [0.25, 0.3) is 0 Å². The highest BCUT2D eigenvalue weighted by Crippen LogP contribution is 2.31. The molecule has 98 valence electrons. The van der Waals surface area contributed by atoms with Crippen molar-refractivity contribution in [2.45, 2.75) is 37.6 Å². The highest BCUT2D eigenvalue weighted by Gasteiger charge is 2.33. The Bertz CT molecular complexity index is 412. The maximum Gasteiger partial charge on any atom is 0.224 e. The Hall–Kier alpha value is -0.900. The number of halogens is 2. The first-order chi connectivity index (χ1) is 8.63. The van der Waals surface area contributed by atoms with Crippen LogP contribution in [-0.2, 0) is 11.2 Å². The Kier molecular flexibility index (Phi) is 4.38. The van der Waals surface area contributed by atoms with Gasteiger partial charge in [-0.1, -0.05) is 40.9 Å². The molecule has 1 aromatic carbocycles. The predicted octanol–water partition coefficient (Wildman–Crippen LogP) is 3.19. The topological polar surface area (TPSA) is 29.1 Å². The highest BCUT2D eigenvalue weighted by atomic mass is 79.9. The minimum Gasteiger partial charge on any atom is -0.350 e. The molecule has 0 unspecified atom stereocenters. The van der Waals surface area contributed by atoms with E-state index in [0.29, 0.717) is 6.42 Å². The molecule has 1 aliphatic carbocycles. The fraction of sp³-hybridized carbons (Fsp3) is 0.500. The van der Waals surface area contributed by atoms with Crippen molar-refractivity contribution in [1.29, 1.82) is 0 Å². The van der Waals surface area contributed by atoms with Gasteiger partial charge in [-0.15, -0.1) is 0 Å². The van der Waals surface area contributed by atoms with Crippen molar-refractivity contribution in [3.63, 3.8) is 0 Å². The number of amides is 1. The van der Waals surface area contributed by atoms with Crippen LogP contribution in [-0.4, -0.2) is 16.8 Å². The molecule has 0 aromatic heterocycles. The molecule has 1 aliphatic rings. The second-order valence-corrected chi connectivity index (χ2v) is 5.53. The lowest BCUT2D eigenvalue weighted by atomic mass is 10.00. The Labute approximate surface area is 115 Å². The smallest absolute Gasteiger partial charge is 0.224 e. The van der Waals surface area contributed by atoms with E-state index in [1.165, 1.54) is 25.0 Å². The first-order valence-electron chi connectivity index (χ1n) is 6.25. The number of nitrogens with one attached hydrogen (secondary N) is 1. The van der Waals surface area contributed by atoms with Crippen LogP contribution in [0.3, 0.4) is 0 Å². The van der Waals surface area contributed by atoms with E-state index in [-0.39, 0.29) is 17.3 Å². The van der Waals surface area contributed by atoms with Crippen molar-refractivity contribution in [3.8, 4) is 0 Å². The Morgan fingerprint density at radius 1 is 1.28 bits per heavy atom. The molecule has 0 saturated heterocycles. The number of rotatable bonds is 4. The van der Waals surface area contributed by atoms with Crippen molar-refractivity contribution in [3.05, 3.63) is 35.6 Å². The molecule has 1 saturated carbocycles. The summed E-state index contributed by atoms with van der Waals surface area (Å²) in [6.07, 6.45) is 4.72. The fourth-order valence-corrected chi connectivity index (χ4v) is 3.17. The summed E-state index contributed by atoms with van der Waals surface area (Å²) < 4.78 is 12.8. The number of hydrogen-bond acceptors (Lipinski definition) is 1. The van der Waals surface area contributed by atoms with E-state index in [1.54, 1.807) is 12.1 Å². The van der Waals surface area contributed by atoms with Gasteiger partial charge < -0.3 is 5.32 Å². The number of carbonyl (C=O) groups is 1. The van der Waals surface area contributed by atoms with Crippen LogP contribution in [0.15, 0.2) is 24.3 Å². The summed E-state index contributed by atoms with van der Waals surface area (Å²) in [6.45, 7) is 0. The third kappa shape index (κ3) is 3.31. The number of hydrogen-bond donors (Lipinski definition) is 1. The van der Waals surface area contributed by atoms with Gasteiger partial charge in [0.15, 0.2) is 0 Å². The normalized spacial score (nSPS) is 17.7. The van der Waals surface area contributed by atoms with Gasteiger partial charge in [-0.2, -0.15) is 0 Å². The van der Waals surface area contributed by atoms with Gasteiger partial charge in [0, 0.05) is 10.9 Å². The largest absolute Gasteiger partial charge is 0.350 e. The van der Waals surface area contributed by atoms with E-state index in [1.807, 2.05) is 0 Å². The van der Waals surface area contributed by atoms with Crippen LogP contribution < -0.4 is 5.32 Å². The molecule has 2 rings (SSSR count). The second kappa shape index (κ2) is 5.83. The molecule has 1 aromatic rings. The first kappa shape index (κ1) is 13.5. The molecule has 1 N–H and O–H groups in total. The Morgan fingerprint density at radius 2 is 1.89 bits per heavy atom. The fourth-order valence-electron chi connectivity index (χ4n) is 2.47. The first-order valence-corrected chi connectivity index (χ1v) is 7.37. The molecule has 18 heavy (non-hydrogen) atoms. The van der Waals surface area contributed by atoms with E-state index in [0.717, 1.165) is 23.7 Å². The molecule has 1 fully saturated rings. The third-order valence-electron chi connectivity index (χ3n) is 3.50. The molecule has 0 radical (unpaired) electrons. The van der Waals surface area contributed by atoms with Crippen molar-refractivity contribution in [2.75, 3.05) is 5.33 Å². The highest BCUT2D eigenvalue weighted by molar-refractivity contribution is 9.09. The lowest BCUT2D eigenvalue weighted by molar-refractivity contribution is -0.122. The average molecular weight is 314 g/mol. The van der Waals surface area contributed by atoms with Crippen molar-refractivity contribution in [2.24, 2.45) is 0 Å². The molecular weight excluding hydrogens is 297 g/mol. The van der Waals surface area contributed by atoms with Crippen LogP contribution >= 0.6 is 15.9 Å². The summed E-state index contributed by atoms with van der Waals surface area (Å²) in [4.78, 5) is 12.0. The van der Waals surface area contributed by atoms with E-state index >= 15 is 0 Å². The van der Waals surface area contributed by atoms with E-state index < -0.39 is 0 Å². The van der Waals surface area contributed by atoms with Crippen molar-refractivity contribution in [1.82, 2.24) is 5.32 Å². The lowest BCUT2D eigenvalue weighted by Crippen LogP contribution is -2.48. The zero-order chi connectivity index (χ0) is 13.0. The van der Waals surface area contributed by atoms with Crippen LogP contribution in [0.2, 0.25) is 0 Å². The zero-order valence-electron chi connectivity index (χ0n) is 10.2. The molecule has 0 spiro atoms. The summed E-state index contributed by atoms with van der Waals surface area (Å²) in [5.41, 5.74) is 0.772. The van der Waals surface area contributed by atoms with Gasteiger partial charge in [-0.05, 0) is 30.5 Å². The molecule has 0 bridgehead atoms. The molecule has 0 aliphatic heterocycles. The molecule has 0 heterocycles. The molecule has 4 heteroatoms. The van der Waals surface area contributed by atoms with Crippen LogP contribution in [0, 0.1) is 5.82 Å². The second-order valence-electron chi connectivity index (χ2n) is 4.97. The van der Waals surface area contributed by atoms with Crippen LogP contribution in [0.5, 0.6) is 0 Å². The molecule has 0 atom stereocenters. The monoisotopic (exact) mass is 313 g/mol. The Balaban J connectivity index is 1.94. The van der Waals surface area contributed by atoms with Crippen LogP contribution in [0.25, 0.3) is 0 Å². The Morgan fingerprint density at radius 3 is 2.44 bits per heavy atom. The van der Waals surface area contributed by atoms with Crippen LogP contribution in [0.4, 0.5) is 4.39 Å². The summed E-state index contributed by atoms with van der Waals surface area (Å²) in [5.74, 6) is -0.255. The van der Waals surface area contributed by atoms with Gasteiger partial charge >= 0.3 is 0 Å². The summed E-state index contributed by atoms with van der Waals surface area (Å²) in [6, 6.07) is 6.09. The summed E-state index contributed by atoms with van der Waals surface area (Å²) >= 11 is 3.49. The van der Waals surface area contributed by atoms with E-state index in [2.05, 4.69) is 21.2 Å². The SMILES string of the molecule is O=C(Cc1ccc(F)cc1)NC1(CBr)CCCC1. The minimum absolute atomic E-state index is 0.0166. The average Bonchev–Trinajstić information content (AvgIpc) is 2.81. The maximum atomic E-state index is 12.8. The lowest BCUT2D eigenvalue weighted by Gasteiger charge is -2.28. The summed E-state index contributed by atoms with van der Waals surface area (Å²) in [7, 11) is 0. The van der Waals surface area contributed by atoms with Crippen molar-refractivity contribution >= 4 is 21.8 Å². The van der Waals surface area contributed by atoms with Gasteiger partial charge in [0.2, 0.25) is 5.91 Å². The van der Waals surface area contributed by atoms with Gasteiger partial charge in [0.05, 0.1) is 6.42 Å². The van der Waals surface area contributed by atoms with Crippen LogP contribution in [0.1, 0.15) is 31.2 Å². The van der Waals surface area contributed by atoms with Gasteiger partial charge in [-0.3, -0.25) is 4.79 Å². The number of carbonyl (C=O) groups excluding carboxylic acids is 1. The van der Waals surface area contributed by atoms with Gasteiger partial charge in [0.1, 0.15) is 5.82 Å². The maximum absolute atomic E-state index is 12.8. The predicted molar refractivity (Wildman–Crippen MR) is 73.2 cm³/mol.